The van der Waals surface area contributed by atoms with Crippen LogP contribution in [0.2, 0.25) is 0 Å². The van der Waals surface area contributed by atoms with Crippen molar-refractivity contribution in [2.75, 3.05) is 5.73 Å². The van der Waals surface area contributed by atoms with E-state index in [2.05, 4.69) is 9.97 Å². The third-order valence-corrected chi connectivity index (χ3v) is 5.37. The molecule has 4 rings (SSSR count). The molecule has 0 unspecified atom stereocenters. The molecule has 7 nitrogen and oxygen atoms in total. The van der Waals surface area contributed by atoms with Crippen LogP contribution in [0, 0.1) is 13.8 Å². The molecule has 1 aromatic carbocycles. The predicted molar refractivity (Wildman–Crippen MR) is 106 cm³/mol. The lowest BCUT2D eigenvalue weighted by Crippen LogP contribution is -2.14. The van der Waals surface area contributed by atoms with Gasteiger partial charge in [-0.2, -0.15) is 0 Å². The molecule has 5 N–H and O–H groups in total. The first-order valence-corrected chi connectivity index (χ1v) is 9.08. The number of phenols is 1. The summed E-state index contributed by atoms with van der Waals surface area (Å²) in [5, 5.41) is 12.8. The first kappa shape index (κ1) is 17.0. The van der Waals surface area contributed by atoms with E-state index in [9.17, 15) is 9.90 Å². The molecule has 0 fully saturated rings. The smallest absolute Gasteiger partial charge is 0.254 e. The van der Waals surface area contributed by atoms with Crippen LogP contribution < -0.4 is 11.5 Å². The number of fused-ring (bicyclic) bond motifs is 1. The van der Waals surface area contributed by atoms with Gasteiger partial charge < -0.3 is 16.6 Å². The summed E-state index contributed by atoms with van der Waals surface area (Å²) in [5.41, 5.74) is 16.0. The number of nitrogen functional groups attached to an aromatic ring is 1. The molecule has 0 atom stereocenters. The summed E-state index contributed by atoms with van der Waals surface area (Å²) >= 11 is 1.45. The maximum Gasteiger partial charge on any atom is 0.254 e. The molecule has 0 aliphatic carbocycles. The number of phenolic OH excluding ortho intramolecular Hbond substituents is 1. The van der Waals surface area contributed by atoms with Crippen LogP contribution in [0.5, 0.6) is 5.75 Å². The van der Waals surface area contributed by atoms with Crippen LogP contribution in [0.15, 0.2) is 35.8 Å². The van der Waals surface area contributed by atoms with Crippen molar-refractivity contribution in [3.8, 4) is 22.1 Å². The van der Waals surface area contributed by atoms with E-state index >= 15 is 0 Å². The van der Waals surface area contributed by atoms with E-state index in [1.807, 2.05) is 24.4 Å². The molecule has 4 aromatic rings. The number of primary amides is 1. The lowest BCUT2D eigenvalue weighted by Gasteiger charge is -2.15. The Balaban J connectivity index is 2.10. The van der Waals surface area contributed by atoms with E-state index in [1.54, 1.807) is 29.8 Å². The Bertz CT molecular complexity index is 1200. The zero-order chi connectivity index (χ0) is 19.3. The van der Waals surface area contributed by atoms with E-state index in [-0.39, 0.29) is 17.1 Å². The van der Waals surface area contributed by atoms with Gasteiger partial charge in [-0.05, 0) is 37.6 Å². The summed E-state index contributed by atoms with van der Waals surface area (Å²) in [6.07, 6.45) is 1.69. The average Bonchev–Trinajstić information content (AvgIpc) is 3.25. The molecule has 0 bridgehead atoms. The van der Waals surface area contributed by atoms with Crippen molar-refractivity contribution in [2.45, 2.75) is 13.8 Å². The van der Waals surface area contributed by atoms with E-state index in [1.165, 1.54) is 11.3 Å². The molecule has 3 aromatic heterocycles. The zero-order valence-electron chi connectivity index (χ0n) is 14.7. The largest absolute Gasteiger partial charge is 0.508 e. The molecule has 136 valence electrons. The van der Waals surface area contributed by atoms with Gasteiger partial charge >= 0.3 is 0 Å². The van der Waals surface area contributed by atoms with Crippen molar-refractivity contribution in [1.82, 2.24) is 14.5 Å². The number of thiazole rings is 1. The van der Waals surface area contributed by atoms with E-state index in [0.717, 1.165) is 10.6 Å². The topological polar surface area (TPSA) is 120 Å². The molecular formula is C19H17N5O2S. The molecule has 0 aliphatic rings. The first-order valence-electron chi connectivity index (χ1n) is 8.20. The summed E-state index contributed by atoms with van der Waals surface area (Å²) in [4.78, 5) is 21.0. The minimum absolute atomic E-state index is 0.143. The second kappa shape index (κ2) is 6.10. The van der Waals surface area contributed by atoms with Crippen molar-refractivity contribution < 1.29 is 9.90 Å². The number of carbonyl (C=O) groups excluding carboxylic acids is 1. The van der Waals surface area contributed by atoms with Crippen LogP contribution in [0.1, 0.15) is 21.5 Å². The minimum Gasteiger partial charge on any atom is -0.508 e. The molecule has 0 spiro atoms. The normalized spacial score (nSPS) is 11.2. The quantitative estimate of drug-likeness (QED) is 0.505. The number of hydrogen-bond donors (Lipinski definition) is 3. The molecule has 27 heavy (non-hydrogen) atoms. The number of carbonyl (C=O) groups is 1. The highest BCUT2D eigenvalue weighted by Crippen LogP contribution is 2.36. The summed E-state index contributed by atoms with van der Waals surface area (Å²) in [6.45, 7) is 3.71. The van der Waals surface area contributed by atoms with Gasteiger partial charge in [-0.15, -0.1) is 11.3 Å². The second-order valence-electron chi connectivity index (χ2n) is 6.24. The number of aryl methyl sites for hydroxylation is 1. The van der Waals surface area contributed by atoms with Crippen molar-refractivity contribution in [2.24, 2.45) is 5.73 Å². The highest BCUT2D eigenvalue weighted by atomic mass is 32.1. The van der Waals surface area contributed by atoms with Crippen molar-refractivity contribution >= 4 is 34.1 Å². The van der Waals surface area contributed by atoms with Gasteiger partial charge in [0.2, 0.25) is 0 Å². The Morgan fingerprint density at radius 2 is 2.00 bits per heavy atom. The van der Waals surface area contributed by atoms with Gasteiger partial charge in [0, 0.05) is 17.1 Å². The number of pyridine rings is 1. The zero-order valence-corrected chi connectivity index (χ0v) is 15.5. The first-order chi connectivity index (χ1) is 12.9. The van der Waals surface area contributed by atoms with Crippen molar-refractivity contribution in [3.05, 3.63) is 52.5 Å². The Hall–Kier alpha value is -3.39. The Morgan fingerprint density at radius 1 is 1.22 bits per heavy atom. The number of benzene rings is 1. The molecule has 3 heterocycles. The summed E-state index contributed by atoms with van der Waals surface area (Å²) in [5.74, 6) is -0.321. The third kappa shape index (κ3) is 2.53. The Morgan fingerprint density at radius 3 is 2.67 bits per heavy atom. The monoisotopic (exact) mass is 379 g/mol. The maximum absolute atomic E-state index is 12.1. The minimum atomic E-state index is -0.657. The van der Waals surface area contributed by atoms with Crippen LogP contribution in [0.25, 0.3) is 27.4 Å². The lowest BCUT2D eigenvalue weighted by atomic mass is 10.1. The van der Waals surface area contributed by atoms with E-state index in [0.29, 0.717) is 28.0 Å². The maximum atomic E-state index is 12.1. The van der Waals surface area contributed by atoms with Gasteiger partial charge in [0.05, 0.1) is 16.9 Å². The van der Waals surface area contributed by atoms with Crippen molar-refractivity contribution in [1.29, 1.82) is 0 Å². The lowest BCUT2D eigenvalue weighted by molar-refractivity contribution is 0.100. The number of nitrogens with zero attached hydrogens (tertiary/aromatic N) is 3. The molecule has 0 saturated carbocycles. The van der Waals surface area contributed by atoms with Crippen LogP contribution in [-0.2, 0) is 0 Å². The van der Waals surface area contributed by atoms with Gasteiger partial charge in [-0.1, -0.05) is 6.07 Å². The number of nitrogens with two attached hydrogens (primary N) is 2. The fraction of sp³-hybridized carbons (Fsp3) is 0.105. The van der Waals surface area contributed by atoms with Crippen LogP contribution in [-0.4, -0.2) is 25.5 Å². The average molecular weight is 379 g/mol. The van der Waals surface area contributed by atoms with E-state index < -0.39 is 5.91 Å². The van der Waals surface area contributed by atoms with Crippen LogP contribution >= 0.6 is 11.3 Å². The van der Waals surface area contributed by atoms with Gasteiger partial charge in [-0.25, -0.2) is 9.97 Å². The highest BCUT2D eigenvalue weighted by molar-refractivity contribution is 7.13. The fourth-order valence-corrected chi connectivity index (χ4v) is 3.91. The fourth-order valence-electron chi connectivity index (χ4n) is 3.30. The highest BCUT2D eigenvalue weighted by Gasteiger charge is 2.24. The number of hydrogen-bond acceptors (Lipinski definition) is 6. The number of anilines is 1. The molecule has 0 aliphatic heterocycles. The number of amides is 1. The molecule has 1 amide bonds. The summed E-state index contributed by atoms with van der Waals surface area (Å²) < 4.78 is 1.72. The van der Waals surface area contributed by atoms with Gasteiger partial charge in [-0.3, -0.25) is 9.36 Å². The molecule has 0 saturated heterocycles. The summed E-state index contributed by atoms with van der Waals surface area (Å²) in [7, 11) is 0. The molecule has 0 radical (unpaired) electrons. The Kier molecular flexibility index (Phi) is 3.85. The third-order valence-electron chi connectivity index (χ3n) is 4.57. The van der Waals surface area contributed by atoms with Gasteiger partial charge in [0.1, 0.15) is 27.7 Å². The van der Waals surface area contributed by atoms with E-state index in [4.69, 9.17) is 11.5 Å². The second-order valence-corrected chi connectivity index (χ2v) is 7.13. The summed E-state index contributed by atoms with van der Waals surface area (Å²) in [6, 6.07) is 7.09. The predicted octanol–water partition coefficient (Wildman–Crippen LogP) is 3.15. The SMILES string of the molecule is Cc1ccc(O)c(C)c1-n1c(N)c(C(N)=O)c2nc(-c3nccs3)ccc21. The van der Waals surface area contributed by atoms with Crippen LogP contribution in [0.3, 0.4) is 0 Å². The Labute approximate surface area is 158 Å². The number of rotatable bonds is 3. The van der Waals surface area contributed by atoms with Crippen molar-refractivity contribution in [3.63, 3.8) is 0 Å². The van der Waals surface area contributed by atoms with Crippen LogP contribution in [0.4, 0.5) is 5.82 Å². The molecule has 8 heteroatoms. The number of aromatic nitrogens is 3. The molecular weight excluding hydrogens is 362 g/mol. The number of aromatic hydroxyl groups is 1. The standard InChI is InChI=1S/C19H17N5O2S/c1-9-3-6-13(25)10(2)16(9)24-12-5-4-11(19-22-7-8-27-19)23-15(12)14(17(24)20)18(21)26/h3-8,25H,20H2,1-2H3,(H2,21,26). The van der Waals surface area contributed by atoms with Gasteiger partial charge in [0.25, 0.3) is 5.91 Å². The van der Waals surface area contributed by atoms with Gasteiger partial charge in [0.15, 0.2) is 0 Å².